The van der Waals surface area contributed by atoms with Gasteiger partial charge in [0.15, 0.2) is 0 Å². The van der Waals surface area contributed by atoms with E-state index in [1.165, 1.54) is 0 Å². The molecule has 0 aliphatic heterocycles. The number of thioether (sulfide) groups is 1. The molecule has 3 heteroatoms. The second kappa shape index (κ2) is 4.49. The molecule has 0 aromatic heterocycles. The summed E-state index contributed by atoms with van der Waals surface area (Å²) >= 11 is 1.85. The minimum atomic E-state index is -0.532. The van der Waals surface area contributed by atoms with Gasteiger partial charge >= 0.3 is 0 Å². The van der Waals surface area contributed by atoms with Gasteiger partial charge in [0.25, 0.3) is 0 Å². The first kappa shape index (κ1) is 10.4. The van der Waals surface area contributed by atoms with Crippen LogP contribution in [0.2, 0.25) is 0 Å². The number of hydrogen-bond donors (Lipinski definition) is 2. The highest BCUT2D eigenvalue weighted by atomic mass is 32.2. The Balaban J connectivity index is 2.40. The number of rotatable bonds is 4. The first-order valence-electron chi connectivity index (χ1n) is 4.64. The molecule has 2 nitrogen and oxygen atoms in total. The Kier molecular flexibility index (Phi) is 3.87. The molecule has 12 heavy (non-hydrogen) atoms. The maximum absolute atomic E-state index is 10.1. The number of nitrogens with two attached hydrogens (primary N) is 1. The van der Waals surface area contributed by atoms with E-state index in [0.29, 0.717) is 12.5 Å². The van der Waals surface area contributed by atoms with Gasteiger partial charge in [-0.05, 0) is 37.2 Å². The van der Waals surface area contributed by atoms with Gasteiger partial charge in [-0.1, -0.05) is 6.42 Å². The molecule has 72 valence electrons. The molecular weight excluding hydrogens is 170 g/mol. The fourth-order valence-corrected chi connectivity index (χ4v) is 2.59. The molecule has 0 saturated heterocycles. The lowest BCUT2D eigenvalue weighted by Gasteiger charge is -2.28. The van der Waals surface area contributed by atoms with Crippen LogP contribution in [0.1, 0.15) is 25.7 Å². The fraction of sp³-hybridized carbons (Fsp3) is 1.00. The van der Waals surface area contributed by atoms with Crippen LogP contribution in [0.15, 0.2) is 0 Å². The van der Waals surface area contributed by atoms with Crippen LogP contribution in [0.3, 0.4) is 0 Å². The van der Waals surface area contributed by atoms with Crippen molar-refractivity contribution in [2.45, 2.75) is 31.3 Å². The van der Waals surface area contributed by atoms with Gasteiger partial charge < -0.3 is 10.8 Å². The molecule has 0 radical (unpaired) electrons. The molecule has 2 unspecified atom stereocenters. The standard InChI is InChI=1S/C9H19NOS/c1-12-6-4-8-3-2-5-9(8,11)7-10/h8,11H,2-7,10H2,1H3. The van der Waals surface area contributed by atoms with Gasteiger partial charge in [-0.25, -0.2) is 0 Å². The van der Waals surface area contributed by atoms with Gasteiger partial charge in [0.05, 0.1) is 5.60 Å². The normalized spacial score (nSPS) is 35.8. The van der Waals surface area contributed by atoms with Crippen molar-refractivity contribution in [3.05, 3.63) is 0 Å². The molecule has 0 spiro atoms. The minimum Gasteiger partial charge on any atom is -0.388 e. The van der Waals surface area contributed by atoms with Crippen LogP contribution in [0.4, 0.5) is 0 Å². The second-order valence-corrected chi connectivity index (χ2v) is 4.66. The van der Waals surface area contributed by atoms with Gasteiger partial charge in [0, 0.05) is 6.54 Å². The lowest BCUT2D eigenvalue weighted by Crippen LogP contribution is -2.41. The highest BCUT2D eigenvalue weighted by Crippen LogP contribution is 2.37. The monoisotopic (exact) mass is 189 g/mol. The van der Waals surface area contributed by atoms with Gasteiger partial charge in [-0.3, -0.25) is 0 Å². The van der Waals surface area contributed by atoms with Crippen LogP contribution >= 0.6 is 11.8 Å². The average Bonchev–Trinajstić information content (AvgIpc) is 2.45. The zero-order valence-electron chi connectivity index (χ0n) is 7.75. The molecule has 1 rings (SSSR count). The van der Waals surface area contributed by atoms with Crippen molar-refractivity contribution in [2.75, 3.05) is 18.6 Å². The average molecular weight is 189 g/mol. The number of hydrogen-bond acceptors (Lipinski definition) is 3. The van der Waals surface area contributed by atoms with Gasteiger partial charge in [-0.2, -0.15) is 11.8 Å². The highest BCUT2D eigenvalue weighted by molar-refractivity contribution is 7.98. The third-order valence-corrected chi connectivity index (χ3v) is 3.59. The van der Waals surface area contributed by atoms with Crippen LogP contribution in [-0.4, -0.2) is 29.3 Å². The molecule has 1 saturated carbocycles. The summed E-state index contributed by atoms with van der Waals surface area (Å²) in [5, 5.41) is 10.1. The Morgan fingerprint density at radius 2 is 2.42 bits per heavy atom. The third-order valence-electron chi connectivity index (χ3n) is 2.95. The third kappa shape index (κ3) is 2.15. The molecule has 0 aromatic carbocycles. The van der Waals surface area contributed by atoms with E-state index in [9.17, 15) is 5.11 Å². The molecule has 0 aromatic rings. The summed E-state index contributed by atoms with van der Waals surface area (Å²) in [4.78, 5) is 0. The fourth-order valence-electron chi connectivity index (χ4n) is 2.07. The summed E-state index contributed by atoms with van der Waals surface area (Å²) in [5.41, 5.74) is 5.04. The Morgan fingerprint density at radius 3 is 3.00 bits per heavy atom. The van der Waals surface area contributed by atoms with E-state index in [4.69, 9.17) is 5.73 Å². The summed E-state index contributed by atoms with van der Waals surface area (Å²) in [5.74, 6) is 1.60. The van der Waals surface area contributed by atoms with Crippen molar-refractivity contribution < 1.29 is 5.11 Å². The predicted octanol–water partition coefficient (Wildman–Crippen LogP) is 1.23. The molecule has 0 amide bonds. The van der Waals surface area contributed by atoms with Crippen LogP contribution in [-0.2, 0) is 0 Å². The Morgan fingerprint density at radius 1 is 1.67 bits per heavy atom. The Hall–Kier alpha value is 0.270. The Bertz CT molecular complexity index is 142. The zero-order chi connectivity index (χ0) is 9.03. The topological polar surface area (TPSA) is 46.2 Å². The second-order valence-electron chi connectivity index (χ2n) is 3.68. The Labute approximate surface area is 78.9 Å². The SMILES string of the molecule is CSCCC1CCCC1(O)CN. The van der Waals surface area contributed by atoms with E-state index in [2.05, 4.69) is 6.26 Å². The molecule has 0 bridgehead atoms. The summed E-state index contributed by atoms with van der Waals surface area (Å²) in [7, 11) is 0. The number of aliphatic hydroxyl groups is 1. The van der Waals surface area contributed by atoms with Crippen LogP contribution in [0, 0.1) is 5.92 Å². The predicted molar refractivity (Wildman–Crippen MR) is 54.3 cm³/mol. The van der Waals surface area contributed by atoms with Crippen molar-refractivity contribution in [3.8, 4) is 0 Å². The van der Waals surface area contributed by atoms with Crippen molar-refractivity contribution in [2.24, 2.45) is 11.7 Å². The molecule has 1 aliphatic rings. The highest BCUT2D eigenvalue weighted by Gasteiger charge is 2.39. The van der Waals surface area contributed by atoms with E-state index in [0.717, 1.165) is 31.4 Å². The van der Waals surface area contributed by atoms with Crippen molar-refractivity contribution >= 4 is 11.8 Å². The molecule has 2 atom stereocenters. The van der Waals surface area contributed by atoms with Gasteiger partial charge in [0.2, 0.25) is 0 Å². The maximum atomic E-state index is 10.1. The first-order valence-corrected chi connectivity index (χ1v) is 6.03. The van der Waals surface area contributed by atoms with Crippen LogP contribution in [0.25, 0.3) is 0 Å². The van der Waals surface area contributed by atoms with E-state index in [1.807, 2.05) is 11.8 Å². The summed E-state index contributed by atoms with van der Waals surface area (Å²) in [6.07, 6.45) is 6.44. The van der Waals surface area contributed by atoms with Gasteiger partial charge in [-0.15, -0.1) is 0 Å². The van der Waals surface area contributed by atoms with Gasteiger partial charge in [0.1, 0.15) is 0 Å². The lowest BCUT2D eigenvalue weighted by molar-refractivity contribution is 0.0104. The molecular formula is C9H19NOS. The molecule has 0 heterocycles. The largest absolute Gasteiger partial charge is 0.388 e. The van der Waals surface area contributed by atoms with Crippen molar-refractivity contribution in [1.29, 1.82) is 0 Å². The van der Waals surface area contributed by atoms with Crippen molar-refractivity contribution in [3.63, 3.8) is 0 Å². The molecule has 1 fully saturated rings. The van der Waals surface area contributed by atoms with E-state index in [1.54, 1.807) is 0 Å². The zero-order valence-corrected chi connectivity index (χ0v) is 8.57. The smallest absolute Gasteiger partial charge is 0.0797 e. The van der Waals surface area contributed by atoms with E-state index in [-0.39, 0.29) is 0 Å². The van der Waals surface area contributed by atoms with Crippen LogP contribution < -0.4 is 5.73 Å². The van der Waals surface area contributed by atoms with Crippen molar-refractivity contribution in [1.82, 2.24) is 0 Å². The van der Waals surface area contributed by atoms with Crippen LogP contribution in [0.5, 0.6) is 0 Å². The quantitative estimate of drug-likeness (QED) is 0.699. The lowest BCUT2D eigenvalue weighted by atomic mass is 9.89. The minimum absolute atomic E-state index is 0.437. The molecule has 3 N–H and O–H groups in total. The first-order chi connectivity index (χ1) is 5.73. The summed E-state index contributed by atoms with van der Waals surface area (Å²) in [6, 6.07) is 0. The van der Waals surface area contributed by atoms with E-state index >= 15 is 0 Å². The summed E-state index contributed by atoms with van der Waals surface area (Å²) < 4.78 is 0. The maximum Gasteiger partial charge on any atom is 0.0797 e. The molecule has 1 aliphatic carbocycles. The van der Waals surface area contributed by atoms with E-state index < -0.39 is 5.60 Å². The summed E-state index contributed by atoms with van der Waals surface area (Å²) in [6.45, 7) is 0.437.